The van der Waals surface area contributed by atoms with Gasteiger partial charge in [-0.1, -0.05) is 6.07 Å². The topological polar surface area (TPSA) is 63.9 Å². The average Bonchev–Trinajstić information content (AvgIpc) is 2.16. The summed E-state index contributed by atoms with van der Waals surface area (Å²) >= 11 is 4.92. The second-order valence-corrected chi connectivity index (χ2v) is 3.20. The van der Waals surface area contributed by atoms with Gasteiger partial charge in [-0.05, 0) is 24.4 Å². The molecule has 0 fully saturated rings. The number of H-pyrrole nitrogens is 1. The Kier molecular flexibility index (Phi) is 2.09. The Morgan fingerprint density at radius 1 is 1.50 bits per heavy atom. The summed E-state index contributed by atoms with van der Waals surface area (Å²) in [6.07, 6.45) is 0. The summed E-state index contributed by atoms with van der Waals surface area (Å²) in [6, 6.07) is 5.58. The van der Waals surface area contributed by atoms with Crippen LogP contribution in [0.25, 0.3) is 10.9 Å². The van der Waals surface area contributed by atoms with Gasteiger partial charge in [-0.15, -0.1) is 0 Å². The van der Waals surface area contributed by atoms with Crippen LogP contribution in [0.1, 0.15) is 0 Å². The molecule has 2 aromatic rings. The summed E-state index contributed by atoms with van der Waals surface area (Å²) in [7, 11) is 1.59. The third-order valence-corrected chi connectivity index (χ3v) is 2.16. The number of hydrogen-bond donors (Lipinski definition) is 2. The van der Waals surface area contributed by atoms with Crippen molar-refractivity contribution >= 4 is 28.9 Å². The van der Waals surface area contributed by atoms with Crippen LogP contribution in [0.2, 0.25) is 0 Å². The summed E-state index contributed by atoms with van der Waals surface area (Å²) in [5.74, 6) is 1.08. The number of rotatable bonds is 1. The van der Waals surface area contributed by atoms with E-state index < -0.39 is 0 Å². The quantitative estimate of drug-likeness (QED) is 0.701. The average molecular weight is 207 g/mol. The highest BCUT2D eigenvalue weighted by molar-refractivity contribution is 7.71. The molecule has 0 unspecified atom stereocenters. The first-order valence-corrected chi connectivity index (χ1v) is 4.45. The molecule has 1 aromatic carbocycles. The third-order valence-electron chi connectivity index (χ3n) is 1.97. The summed E-state index contributed by atoms with van der Waals surface area (Å²) in [6.45, 7) is 0. The SMILES string of the molecule is COc1cccc2[nH]c(=S)nc(N)c12. The van der Waals surface area contributed by atoms with Crippen molar-refractivity contribution in [3.8, 4) is 5.75 Å². The number of methoxy groups -OCH3 is 1. The zero-order chi connectivity index (χ0) is 10.1. The summed E-state index contributed by atoms with van der Waals surface area (Å²) in [5, 5.41) is 0.767. The lowest BCUT2D eigenvalue weighted by Gasteiger charge is -2.06. The van der Waals surface area contributed by atoms with E-state index in [-0.39, 0.29) is 0 Å². The van der Waals surface area contributed by atoms with Gasteiger partial charge in [0, 0.05) is 0 Å². The number of fused-ring (bicyclic) bond motifs is 1. The number of ether oxygens (including phenoxy) is 1. The van der Waals surface area contributed by atoms with Crippen LogP contribution in [0.5, 0.6) is 5.75 Å². The fourth-order valence-electron chi connectivity index (χ4n) is 1.38. The molecule has 1 heterocycles. The number of nitrogens with zero attached hydrogens (tertiary/aromatic N) is 1. The zero-order valence-corrected chi connectivity index (χ0v) is 8.39. The van der Waals surface area contributed by atoms with Crippen molar-refractivity contribution in [1.82, 2.24) is 9.97 Å². The molecule has 0 radical (unpaired) electrons. The van der Waals surface area contributed by atoms with Gasteiger partial charge in [0.25, 0.3) is 0 Å². The molecule has 0 saturated carbocycles. The van der Waals surface area contributed by atoms with Crippen molar-refractivity contribution < 1.29 is 4.74 Å². The van der Waals surface area contributed by atoms with Gasteiger partial charge in [-0.3, -0.25) is 0 Å². The molecule has 4 nitrogen and oxygen atoms in total. The predicted octanol–water partition coefficient (Wildman–Crippen LogP) is 1.88. The molecule has 3 N–H and O–H groups in total. The van der Waals surface area contributed by atoms with Crippen LogP contribution in [0.4, 0.5) is 5.82 Å². The number of benzene rings is 1. The van der Waals surface area contributed by atoms with Crippen LogP contribution < -0.4 is 10.5 Å². The van der Waals surface area contributed by atoms with Crippen LogP contribution in [0, 0.1) is 4.77 Å². The number of nitrogens with one attached hydrogen (secondary N) is 1. The van der Waals surface area contributed by atoms with Crippen LogP contribution in [-0.2, 0) is 0 Å². The molecule has 0 bridgehead atoms. The Bertz CT molecular complexity index is 535. The van der Waals surface area contributed by atoms with Crippen molar-refractivity contribution in [2.75, 3.05) is 12.8 Å². The lowest BCUT2D eigenvalue weighted by Crippen LogP contribution is -1.96. The van der Waals surface area contributed by atoms with Gasteiger partial charge in [-0.25, -0.2) is 4.98 Å². The standard InChI is InChI=1S/C9H9N3OS/c1-13-6-4-2-3-5-7(6)8(10)12-9(14)11-5/h2-4H,1H3,(H3,10,11,12,14). The van der Waals surface area contributed by atoms with Gasteiger partial charge >= 0.3 is 0 Å². The Morgan fingerprint density at radius 2 is 2.29 bits per heavy atom. The van der Waals surface area contributed by atoms with Crippen molar-refractivity contribution in [3.05, 3.63) is 23.0 Å². The Labute approximate surface area is 85.7 Å². The number of hydrogen-bond acceptors (Lipinski definition) is 4. The minimum Gasteiger partial charge on any atom is -0.496 e. The monoisotopic (exact) mass is 207 g/mol. The molecular weight excluding hydrogens is 198 g/mol. The molecule has 1 aromatic heterocycles. The first kappa shape index (κ1) is 8.96. The van der Waals surface area contributed by atoms with Gasteiger partial charge in [0.1, 0.15) is 11.6 Å². The summed E-state index contributed by atoms with van der Waals surface area (Å²) in [5.41, 5.74) is 6.59. The molecule has 14 heavy (non-hydrogen) atoms. The smallest absolute Gasteiger partial charge is 0.199 e. The molecule has 5 heteroatoms. The summed E-state index contributed by atoms with van der Waals surface area (Å²) in [4.78, 5) is 6.92. The summed E-state index contributed by atoms with van der Waals surface area (Å²) < 4.78 is 5.55. The van der Waals surface area contributed by atoms with Crippen LogP contribution in [-0.4, -0.2) is 17.1 Å². The van der Waals surface area contributed by atoms with E-state index in [1.54, 1.807) is 7.11 Å². The van der Waals surface area contributed by atoms with Crippen LogP contribution >= 0.6 is 12.2 Å². The van der Waals surface area contributed by atoms with Crippen molar-refractivity contribution in [3.63, 3.8) is 0 Å². The lowest BCUT2D eigenvalue weighted by molar-refractivity contribution is 0.420. The molecule has 0 spiro atoms. The second-order valence-electron chi connectivity index (χ2n) is 2.81. The Hall–Kier alpha value is -1.62. The maximum Gasteiger partial charge on any atom is 0.199 e. The highest BCUT2D eigenvalue weighted by atomic mass is 32.1. The van der Waals surface area contributed by atoms with Gasteiger partial charge in [-0.2, -0.15) is 0 Å². The number of nitrogens with two attached hydrogens (primary N) is 1. The van der Waals surface area contributed by atoms with Gasteiger partial charge in [0.2, 0.25) is 0 Å². The highest BCUT2D eigenvalue weighted by Crippen LogP contribution is 2.27. The van der Waals surface area contributed by atoms with Crippen molar-refractivity contribution in [2.45, 2.75) is 0 Å². The fourth-order valence-corrected chi connectivity index (χ4v) is 1.59. The Morgan fingerprint density at radius 3 is 3.00 bits per heavy atom. The highest BCUT2D eigenvalue weighted by Gasteiger charge is 2.05. The van der Waals surface area contributed by atoms with Gasteiger partial charge < -0.3 is 15.5 Å². The van der Waals surface area contributed by atoms with E-state index >= 15 is 0 Å². The molecule has 0 aliphatic carbocycles. The van der Waals surface area contributed by atoms with E-state index in [9.17, 15) is 0 Å². The van der Waals surface area contributed by atoms with E-state index in [4.69, 9.17) is 22.7 Å². The number of aromatic amines is 1. The lowest BCUT2D eigenvalue weighted by atomic mass is 10.2. The molecule has 0 amide bonds. The normalized spacial score (nSPS) is 10.4. The minimum atomic E-state index is 0.378. The molecular formula is C9H9N3OS. The van der Waals surface area contributed by atoms with E-state index in [0.717, 1.165) is 10.9 Å². The van der Waals surface area contributed by atoms with E-state index in [0.29, 0.717) is 16.3 Å². The van der Waals surface area contributed by atoms with E-state index in [2.05, 4.69) is 9.97 Å². The van der Waals surface area contributed by atoms with E-state index in [1.165, 1.54) is 0 Å². The maximum absolute atomic E-state index is 5.76. The number of aromatic nitrogens is 2. The zero-order valence-electron chi connectivity index (χ0n) is 7.57. The van der Waals surface area contributed by atoms with Gasteiger partial charge in [0.05, 0.1) is 18.0 Å². The largest absolute Gasteiger partial charge is 0.496 e. The number of anilines is 1. The molecule has 0 saturated heterocycles. The van der Waals surface area contributed by atoms with Crippen molar-refractivity contribution in [2.24, 2.45) is 0 Å². The number of nitrogen functional groups attached to an aromatic ring is 1. The first-order chi connectivity index (χ1) is 6.72. The maximum atomic E-state index is 5.76. The van der Waals surface area contributed by atoms with E-state index in [1.807, 2.05) is 18.2 Å². The van der Waals surface area contributed by atoms with Crippen molar-refractivity contribution in [1.29, 1.82) is 0 Å². The van der Waals surface area contributed by atoms with Gasteiger partial charge in [0.15, 0.2) is 4.77 Å². The first-order valence-electron chi connectivity index (χ1n) is 4.05. The molecule has 72 valence electrons. The fraction of sp³-hybridized carbons (Fsp3) is 0.111. The minimum absolute atomic E-state index is 0.378. The molecule has 0 aliphatic rings. The molecule has 2 rings (SSSR count). The second kappa shape index (κ2) is 3.26. The predicted molar refractivity (Wildman–Crippen MR) is 57.9 cm³/mol. The Balaban J connectivity index is 2.94. The third kappa shape index (κ3) is 1.31. The molecule has 0 aliphatic heterocycles. The van der Waals surface area contributed by atoms with Crippen LogP contribution in [0.15, 0.2) is 18.2 Å². The molecule has 0 atom stereocenters. The van der Waals surface area contributed by atoms with Crippen LogP contribution in [0.3, 0.4) is 0 Å².